The highest BCUT2D eigenvalue weighted by Crippen LogP contribution is 2.26. The summed E-state index contributed by atoms with van der Waals surface area (Å²) in [6.07, 6.45) is 0. The number of benzene rings is 2. The molecule has 2 heterocycles. The second kappa shape index (κ2) is 6.46. The maximum atomic E-state index is 13.5. The predicted octanol–water partition coefficient (Wildman–Crippen LogP) is 1.55. The summed E-state index contributed by atoms with van der Waals surface area (Å²) in [4.78, 5) is 38.1. The molecule has 1 atom stereocenters. The van der Waals surface area contributed by atoms with E-state index in [2.05, 4.69) is 22.5 Å². The molecule has 2 aromatic carbocycles. The quantitative estimate of drug-likeness (QED) is 0.612. The van der Waals surface area contributed by atoms with E-state index in [0.717, 1.165) is 6.07 Å². The van der Waals surface area contributed by atoms with Crippen molar-refractivity contribution in [3.05, 3.63) is 70.8 Å². The second-order valence-electron chi connectivity index (χ2n) is 6.54. The summed E-state index contributed by atoms with van der Waals surface area (Å²) in [7, 11) is 0. The van der Waals surface area contributed by atoms with Gasteiger partial charge in [-0.3, -0.25) is 14.9 Å². The van der Waals surface area contributed by atoms with Crippen LogP contribution in [0.2, 0.25) is 0 Å². The minimum absolute atomic E-state index is 0.154. The number of amides is 4. The number of nitrogens with zero attached hydrogens (tertiary/aromatic N) is 1. The topological polar surface area (TPSA) is 78.5 Å². The normalized spacial score (nSPS) is 20.4. The van der Waals surface area contributed by atoms with Gasteiger partial charge in [0.2, 0.25) is 5.54 Å². The summed E-state index contributed by atoms with van der Waals surface area (Å²) in [5, 5.41) is 4.56. The van der Waals surface area contributed by atoms with Crippen molar-refractivity contribution in [3.63, 3.8) is 0 Å². The van der Waals surface area contributed by atoms with Gasteiger partial charge in [0.1, 0.15) is 11.6 Å². The third-order valence-corrected chi connectivity index (χ3v) is 4.57. The predicted molar refractivity (Wildman–Crippen MR) is 93.8 cm³/mol. The number of carbonyl (C=O) groups excluding carboxylic acids is 3. The van der Waals surface area contributed by atoms with Crippen molar-refractivity contribution in [2.24, 2.45) is 0 Å². The van der Waals surface area contributed by atoms with Crippen LogP contribution < -0.4 is 10.6 Å². The average molecular weight is 381 g/mol. The molecular weight excluding hydrogens is 368 g/mol. The van der Waals surface area contributed by atoms with Gasteiger partial charge in [-0.25, -0.2) is 13.6 Å². The Hall–Kier alpha value is -3.73. The summed E-state index contributed by atoms with van der Waals surface area (Å²) in [5.41, 5.74) is -0.562. The fraction of sp³-hybridized carbons (Fsp3) is 0.150. The highest BCUT2D eigenvalue weighted by molar-refractivity contribution is 6.10. The second-order valence-corrected chi connectivity index (χ2v) is 6.54. The lowest BCUT2D eigenvalue weighted by Gasteiger charge is -2.26. The standard InChI is InChI=1S/C20H13F2N3O3/c21-14-3-1-2-12(8-14)6-7-20(18(27)23-19(28)24-20)11-25-10-13-4-5-15(22)9-16(13)17(25)26/h1-5,8-9H,10-11H2,(H2,23,24,27,28)/t20-/m1/s1. The average Bonchev–Trinajstić information content (AvgIpc) is 3.10. The van der Waals surface area contributed by atoms with Gasteiger partial charge in [-0.1, -0.05) is 24.0 Å². The van der Waals surface area contributed by atoms with Crippen LogP contribution in [-0.2, 0) is 11.3 Å². The molecule has 2 aliphatic heterocycles. The van der Waals surface area contributed by atoms with Gasteiger partial charge in [0.05, 0.1) is 6.54 Å². The molecule has 0 spiro atoms. The van der Waals surface area contributed by atoms with Gasteiger partial charge in [0, 0.05) is 17.7 Å². The number of hydrogen-bond acceptors (Lipinski definition) is 3. The van der Waals surface area contributed by atoms with Crippen molar-refractivity contribution in [2.75, 3.05) is 6.54 Å². The van der Waals surface area contributed by atoms with Crippen molar-refractivity contribution >= 4 is 17.8 Å². The van der Waals surface area contributed by atoms with Crippen LogP contribution >= 0.6 is 0 Å². The van der Waals surface area contributed by atoms with Crippen molar-refractivity contribution in [1.82, 2.24) is 15.5 Å². The highest BCUT2D eigenvalue weighted by Gasteiger charge is 2.48. The highest BCUT2D eigenvalue weighted by atomic mass is 19.1. The van der Waals surface area contributed by atoms with Crippen LogP contribution in [0.3, 0.4) is 0 Å². The zero-order valence-electron chi connectivity index (χ0n) is 14.4. The molecule has 4 rings (SSSR count). The number of urea groups is 1. The fourth-order valence-corrected chi connectivity index (χ4v) is 3.22. The van der Waals surface area contributed by atoms with E-state index in [9.17, 15) is 23.2 Å². The zero-order chi connectivity index (χ0) is 19.9. The molecule has 140 valence electrons. The minimum Gasteiger partial charge on any atom is -0.330 e. The first-order valence-electron chi connectivity index (χ1n) is 8.36. The molecule has 8 heteroatoms. The molecule has 0 radical (unpaired) electrons. The van der Waals surface area contributed by atoms with Gasteiger partial charge < -0.3 is 10.2 Å². The van der Waals surface area contributed by atoms with E-state index in [4.69, 9.17) is 0 Å². The zero-order valence-corrected chi connectivity index (χ0v) is 14.4. The molecule has 0 saturated carbocycles. The van der Waals surface area contributed by atoms with E-state index >= 15 is 0 Å². The smallest absolute Gasteiger partial charge is 0.323 e. The van der Waals surface area contributed by atoms with Crippen LogP contribution in [0.15, 0.2) is 42.5 Å². The lowest BCUT2D eigenvalue weighted by molar-refractivity contribution is -0.122. The van der Waals surface area contributed by atoms with Gasteiger partial charge >= 0.3 is 6.03 Å². The van der Waals surface area contributed by atoms with Crippen LogP contribution in [0, 0.1) is 23.5 Å². The molecule has 0 aliphatic carbocycles. The maximum Gasteiger partial charge on any atom is 0.323 e. The SMILES string of the molecule is O=C1NC(=O)[C@@](C#Cc2cccc(F)c2)(CN2Cc3ccc(F)cc3C2=O)N1. The summed E-state index contributed by atoms with van der Waals surface area (Å²) in [5.74, 6) is 3.14. The Bertz CT molecular complexity index is 1090. The van der Waals surface area contributed by atoms with Crippen molar-refractivity contribution in [1.29, 1.82) is 0 Å². The van der Waals surface area contributed by atoms with Gasteiger partial charge in [-0.15, -0.1) is 0 Å². The molecular formula is C20H13F2N3O3. The number of rotatable bonds is 2. The summed E-state index contributed by atoms with van der Waals surface area (Å²) >= 11 is 0. The van der Waals surface area contributed by atoms with E-state index in [1.165, 1.54) is 35.2 Å². The van der Waals surface area contributed by atoms with Crippen LogP contribution in [-0.4, -0.2) is 34.8 Å². The van der Waals surface area contributed by atoms with Crippen molar-refractivity contribution in [3.8, 4) is 11.8 Å². The van der Waals surface area contributed by atoms with Gasteiger partial charge in [0.25, 0.3) is 11.8 Å². The molecule has 6 nitrogen and oxygen atoms in total. The largest absolute Gasteiger partial charge is 0.330 e. The number of fused-ring (bicyclic) bond motifs is 1. The summed E-state index contributed by atoms with van der Waals surface area (Å²) < 4.78 is 26.8. The van der Waals surface area contributed by atoms with Crippen LogP contribution in [0.4, 0.5) is 13.6 Å². The molecule has 2 aromatic rings. The number of imide groups is 1. The van der Waals surface area contributed by atoms with Crippen molar-refractivity contribution in [2.45, 2.75) is 12.1 Å². The summed E-state index contributed by atoms with van der Waals surface area (Å²) in [6.45, 7) is -0.0803. The lowest BCUT2D eigenvalue weighted by Crippen LogP contribution is -2.54. The molecule has 28 heavy (non-hydrogen) atoms. The Morgan fingerprint density at radius 2 is 1.86 bits per heavy atom. The third kappa shape index (κ3) is 3.07. The van der Waals surface area contributed by atoms with Crippen LogP contribution in [0.1, 0.15) is 21.5 Å². The molecule has 0 bridgehead atoms. The first-order valence-corrected chi connectivity index (χ1v) is 8.36. The minimum atomic E-state index is -1.69. The van der Waals surface area contributed by atoms with Crippen molar-refractivity contribution < 1.29 is 23.2 Å². The summed E-state index contributed by atoms with van der Waals surface area (Å²) in [6, 6.07) is 8.61. The first kappa shape index (κ1) is 17.7. The molecule has 0 unspecified atom stereocenters. The fourth-order valence-electron chi connectivity index (χ4n) is 3.22. The van der Waals surface area contributed by atoms with E-state index < -0.39 is 35.0 Å². The van der Waals surface area contributed by atoms with E-state index in [-0.39, 0.29) is 18.7 Å². The molecule has 0 aromatic heterocycles. The third-order valence-electron chi connectivity index (χ3n) is 4.57. The molecule has 2 aliphatic rings. The van der Waals surface area contributed by atoms with Crippen LogP contribution in [0.25, 0.3) is 0 Å². The Morgan fingerprint density at radius 1 is 1.07 bits per heavy atom. The lowest BCUT2D eigenvalue weighted by atomic mass is 9.99. The van der Waals surface area contributed by atoms with E-state index in [0.29, 0.717) is 11.1 Å². The molecule has 1 fully saturated rings. The monoisotopic (exact) mass is 381 g/mol. The number of halogens is 2. The Kier molecular flexibility index (Phi) is 4.08. The molecule has 1 saturated heterocycles. The number of carbonyl (C=O) groups is 3. The van der Waals surface area contributed by atoms with Crippen LogP contribution in [0.5, 0.6) is 0 Å². The van der Waals surface area contributed by atoms with E-state index in [1.807, 2.05) is 0 Å². The molecule has 4 amide bonds. The Balaban J connectivity index is 1.66. The Morgan fingerprint density at radius 3 is 2.57 bits per heavy atom. The van der Waals surface area contributed by atoms with Gasteiger partial charge in [-0.2, -0.15) is 0 Å². The van der Waals surface area contributed by atoms with E-state index in [1.54, 1.807) is 6.07 Å². The maximum absolute atomic E-state index is 13.5. The van der Waals surface area contributed by atoms with Gasteiger partial charge in [0.15, 0.2) is 0 Å². The Labute approximate surface area is 158 Å². The number of hydrogen-bond donors (Lipinski definition) is 2. The first-order chi connectivity index (χ1) is 13.4. The number of nitrogens with one attached hydrogen (secondary N) is 2. The van der Waals surface area contributed by atoms with Gasteiger partial charge in [-0.05, 0) is 35.9 Å². The molecule has 2 N–H and O–H groups in total.